The molecule has 0 bridgehead atoms. The van der Waals surface area contributed by atoms with Gasteiger partial charge in [0.2, 0.25) is 5.69 Å². The first-order valence-electron chi connectivity index (χ1n) is 8.88. The van der Waals surface area contributed by atoms with E-state index in [4.69, 9.17) is 0 Å². The van der Waals surface area contributed by atoms with Crippen molar-refractivity contribution in [3.8, 4) is 0 Å². The molecule has 3 aromatic rings. The maximum atomic E-state index is 13.2. The minimum atomic E-state index is -0.261. The normalized spacial score (nSPS) is 13.2. The van der Waals surface area contributed by atoms with Gasteiger partial charge < -0.3 is 17.7 Å². The van der Waals surface area contributed by atoms with Crippen molar-refractivity contribution in [3.05, 3.63) is 101 Å². The van der Waals surface area contributed by atoms with E-state index in [1.54, 1.807) is 24.3 Å². The summed E-state index contributed by atoms with van der Waals surface area (Å²) in [5.41, 5.74) is 6.18. The zero-order chi connectivity index (χ0) is 18.6. The number of hydrogen-bond donors (Lipinski definition) is 2. The minimum Gasteiger partial charge on any atom is -1.00 e. The van der Waals surface area contributed by atoms with Crippen molar-refractivity contribution in [2.24, 2.45) is 0 Å². The quantitative estimate of drug-likeness (QED) is 0.637. The van der Waals surface area contributed by atoms with Crippen molar-refractivity contribution in [1.29, 1.82) is 0 Å². The predicted molar refractivity (Wildman–Crippen MR) is 105 cm³/mol. The van der Waals surface area contributed by atoms with Crippen molar-refractivity contribution in [2.75, 3.05) is 5.32 Å². The van der Waals surface area contributed by atoms with Gasteiger partial charge in [-0.2, -0.15) is 0 Å². The molecule has 28 heavy (non-hydrogen) atoms. The fourth-order valence-corrected chi connectivity index (χ4v) is 3.24. The second-order valence-corrected chi connectivity index (χ2v) is 6.48. The summed E-state index contributed by atoms with van der Waals surface area (Å²) in [6, 6.07) is 20.9. The molecule has 0 saturated carbocycles. The summed E-state index contributed by atoms with van der Waals surface area (Å²) >= 11 is 0. The highest BCUT2D eigenvalue weighted by Gasteiger charge is 2.19. The van der Waals surface area contributed by atoms with Crippen LogP contribution in [0.3, 0.4) is 0 Å². The average Bonchev–Trinajstić information content (AvgIpc) is 2.70. The number of anilines is 1. The molecule has 0 radical (unpaired) electrons. The Labute approximate surface area is 169 Å². The molecule has 142 valence electrons. The van der Waals surface area contributed by atoms with E-state index in [0.29, 0.717) is 0 Å². The van der Waals surface area contributed by atoms with Crippen LogP contribution in [0.4, 0.5) is 20.2 Å². The molecular formula is C23H19ClF2N2. The van der Waals surface area contributed by atoms with E-state index in [-0.39, 0.29) is 24.0 Å². The lowest BCUT2D eigenvalue weighted by atomic mass is 9.89. The molecule has 2 N–H and O–H groups in total. The Morgan fingerprint density at radius 3 is 2.14 bits per heavy atom. The van der Waals surface area contributed by atoms with Crippen LogP contribution in [0.1, 0.15) is 17.5 Å². The number of aryl methyl sites for hydroxylation is 1. The standard InChI is InChI=1S/C23H18F2N2.ClH/c24-18-7-11-20(12-8-18)26-15-17-6-5-16-3-1-2-4-22(16)23(17)27-21-13-9-19(25)10-14-21;/h1-4,7-15,27H,5-6H2;1H. The first-order chi connectivity index (χ1) is 13.2. The van der Waals surface area contributed by atoms with Gasteiger partial charge in [0.05, 0.1) is 5.70 Å². The third-order valence-corrected chi connectivity index (χ3v) is 4.64. The van der Waals surface area contributed by atoms with Gasteiger partial charge in [-0.3, -0.25) is 0 Å². The van der Waals surface area contributed by atoms with Crippen LogP contribution in [0.5, 0.6) is 0 Å². The average molecular weight is 397 g/mol. The number of benzene rings is 3. The number of fused-ring (bicyclic) bond motifs is 1. The molecule has 0 saturated heterocycles. The van der Waals surface area contributed by atoms with Crippen LogP contribution >= 0.6 is 0 Å². The molecule has 4 rings (SSSR count). The molecule has 0 unspecified atom stereocenters. The first kappa shape index (κ1) is 19.8. The van der Waals surface area contributed by atoms with Gasteiger partial charge in [0.25, 0.3) is 0 Å². The fraction of sp³-hybridized carbons (Fsp3) is 0.0870. The fourth-order valence-electron chi connectivity index (χ4n) is 3.24. The van der Waals surface area contributed by atoms with Crippen LogP contribution in [-0.2, 0) is 6.42 Å². The second kappa shape index (κ2) is 8.81. The Morgan fingerprint density at radius 1 is 0.786 bits per heavy atom. The van der Waals surface area contributed by atoms with Crippen LogP contribution in [-0.4, -0.2) is 6.21 Å². The molecule has 3 aromatic carbocycles. The molecule has 1 aliphatic rings. The first-order valence-corrected chi connectivity index (χ1v) is 8.88. The highest BCUT2D eigenvalue weighted by molar-refractivity contribution is 5.94. The Kier molecular flexibility index (Phi) is 6.22. The number of allylic oxidation sites excluding steroid dienone is 1. The van der Waals surface area contributed by atoms with E-state index in [1.807, 2.05) is 18.3 Å². The summed E-state index contributed by atoms with van der Waals surface area (Å²) in [6.07, 6.45) is 3.77. The van der Waals surface area contributed by atoms with E-state index < -0.39 is 0 Å². The van der Waals surface area contributed by atoms with Gasteiger partial charge in [-0.05, 0) is 54.8 Å². The van der Waals surface area contributed by atoms with Gasteiger partial charge in [-0.15, -0.1) is 0 Å². The minimum absolute atomic E-state index is 0. The third kappa shape index (κ3) is 4.46. The second-order valence-electron chi connectivity index (χ2n) is 6.48. The van der Waals surface area contributed by atoms with Crippen molar-refractivity contribution >= 4 is 23.3 Å². The lowest BCUT2D eigenvalue weighted by Crippen LogP contribution is -3.00. The molecule has 0 heterocycles. The zero-order valence-corrected chi connectivity index (χ0v) is 15.8. The van der Waals surface area contributed by atoms with Gasteiger partial charge in [0.1, 0.15) is 11.6 Å². The highest BCUT2D eigenvalue weighted by atomic mass is 35.5. The molecule has 0 spiro atoms. The van der Waals surface area contributed by atoms with Gasteiger partial charge in [0.15, 0.2) is 6.21 Å². The Balaban J connectivity index is 0.00000225. The van der Waals surface area contributed by atoms with Crippen molar-refractivity contribution < 1.29 is 26.2 Å². The molecule has 2 nitrogen and oxygen atoms in total. The Hall–Kier alpha value is -2.98. The van der Waals surface area contributed by atoms with E-state index in [0.717, 1.165) is 41.1 Å². The van der Waals surface area contributed by atoms with Crippen LogP contribution in [0.15, 0.2) is 78.4 Å². The molecule has 0 atom stereocenters. The zero-order valence-electron chi connectivity index (χ0n) is 15.1. The SMILES string of the molecule is Fc1ccc(NC2=C(C=[NH+]c3ccc(F)cc3)CCc3ccccc32)cc1.[Cl-]. The van der Waals surface area contributed by atoms with Crippen molar-refractivity contribution in [3.63, 3.8) is 0 Å². The van der Waals surface area contributed by atoms with Gasteiger partial charge in [0, 0.05) is 29.0 Å². The summed E-state index contributed by atoms with van der Waals surface area (Å²) in [4.78, 5) is 3.25. The summed E-state index contributed by atoms with van der Waals surface area (Å²) < 4.78 is 26.3. The monoisotopic (exact) mass is 396 g/mol. The Morgan fingerprint density at radius 2 is 1.43 bits per heavy atom. The molecule has 0 aromatic heterocycles. The number of halogens is 3. The molecule has 5 heteroatoms. The largest absolute Gasteiger partial charge is 1.00 e. The van der Waals surface area contributed by atoms with Crippen molar-refractivity contribution in [1.82, 2.24) is 0 Å². The predicted octanol–water partition coefficient (Wildman–Crippen LogP) is 1.22. The number of rotatable bonds is 4. The van der Waals surface area contributed by atoms with Gasteiger partial charge in [-0.25, -0.2) is 13.8 Å². The maximum absolute atomic E-state index is 13.2. The van der Waals surface area contributed by atoms with E-state index in [9.17, 15) is 8.78 Å². The van der Waals surface area contributed by atoms with Gasteiger partial charge in [-0.1, -0.05) is 24.3 Å². The lowest BCUT2D eigenvalue weighted by molar-refractivity contribution is -0.347. The summed E-state index contributed by atoms with van der Waals surface area (Å²) in [5.74, 6) is -0.520. The lowest BCUT2D eigenvalue weighted by Gasteiger charge is -2.22. The van der Waals surface area contributed by atoms with Crippen LogP contribution in [0, 0.1) is 11.6 Å². The van der Waals surface area contributed by atoms with Crippen LogP contribution in [0.25, 0.3) is 5.70 Å². The maximum Gasteiger partial charge on any atom is 0.203 e. The Bertz CT molecular complexity index is 1010. The molecule has 1 aliphatic carbocycles. The highest BCUT2D eigenvalue weighted by Crippen LogP contribution is 2.31. The van der Waals surface area contributed by atoms with E-state index in [2.05, 4.69) is 22.4 Å². The smallest absolute Gasteiger partial charge is 0.203 e. The molecule has 0 aliphatic heterocycles. The molecular weight excluding hydrogens is 378 g/mol. The van der Waals surface area contributed by atoms with Crippen LogP contribution < -0.4 is 22.7 Å². The van der Waals surface area contributed by atoms with E-state index >= 15 is 0 Å². The molecule has 0 fully saturated rings. The summed E-state index contributed by atoms with van der Waals surface area (Å²) in [6.45, 7) is 0. The summed E-state index contributed by atoms with van der Waals surface area (Å²) in [5, 5.41) is 3.44. The molecule has 0 amide bonds. The van der Waals surface area contributed by atoms with Crippen molar-refractivity contribution in [2.45, 2.75) is 12.8 Å². The van der Waals surface area contributed by atoms with Gasteiger partial charge >= 0.3 is 0 Å². The topological polar surface area (TPSA) is 26.0 Å². The van der Waals surface area contributed by atoms with E-state index in [1.165, 1.54) is 29.8 Å². The number of hydrogen-bond acceptors (Lipinski definition) is 1. The summed E-state index contributed by atoms with van der Waals surface area (Å²) in [7, 11) is 0. The number of nitrogens with one attached hydrogen (secondary N) is 2. The third-order valence-electron chi connectivity index (χ3n) is 4.64. The van der Waals surface area contributed by atoms with Crippen LogP contribution in [0.2, 0.25) is 0 Å².